The number of ether oxygens (including phenoxy) is 2. The van der Waals surface area contributed by atoms with Crippen molar-refractivity contribution in [3.8, 4) is 5.75 Å². The Bertz CT molecular complexity index is 740. The third-order valence-electron chi connectivity index (χ3n) is 5.47. The largest absolute Gasteiger partial charge is 0.497 e. The van der Waals surface area contributed by atoms with Crippen molar-refractivity contribution < 1.29 is 9.47 Å². The zero-order valence-electron chi connectivity index (χ0n) is 15.5. The number of methoxy groups -OCH3 is 1. The Balaban J connectivity index is 1.29. The van der Waals surface area contributed by atoms with E-state index in [4.69, 9.17) is 9.47 Å². The van der Waals surface area contributed by atoms with E-state index >= 15 is 0 Å². The number of hydrogen-bond acceptors (Lipinski definition) is 6. The lowest BCUT2D eigenvalue weighted by Gasteiger charge is -2.38. The molecule has 1 aromatic carbocycles. The number of aromatic nitrogens is 1. The summed E-state index contributed by atoms with van der Waals surface area (Å²) in [6.45, 7) is 5.99. The van der Waals surface area contributed by atoms with Gasteiger partial charge in [0.1, 0.15) is 5.75 Å². The predicted molar refractivity (Wildman–Crippen MR) is 105 cm³/mol. The second kappa shape index (κ2) is 7.55. The number of rotatable bonds is 5. The van der Waals surface area contributed by atoms with Gasteiger partial charge in [0.05, 0.1) is 36.1 Å². The van der Waals surface area contributed by atoms with Crippen LogP contribution in [-0.2, 0) is 11.3 Å². The molecule has 5 nitrogen and oxygen atoms in total. The monoisotopic (exact) mass is 373 g/mol. The standard InChI is InChI=1S/C20H27N3O2S/c1-15-21-18(14-26-15)12-23-8-6-20(7-9-23)11-17(13-25-20)22-16-4-3-5-19(10-16)24-2/h3-5,10,14,17,22H,6-9,11-13H2,1-2H3. The summed E-state index contributed by atoms with van der Waals surface area (Å²) in [5.41, 5.74) is 2.35. The van der Waals surface area contributed by atoms with Gasteiger partial charge in [-0.05, 0) is 38.3 Å². The zero-order chi connectivity index (χ0) is 18.0. The molecule has 2 aromatic rings. The van der Waals surface area contributed by atoms with Gasteiger partial charge in [-0.15, -0.1) is 11.3 Å². The number of piperidine rings is 1. The first kappa shape index (κ1) is 17.8. The first-order valence-corrected chi connectivity index (χ1v) is 10.2. The lowest BCUT2D eigenvalue weighted by molar-refractivity contribution is -0.0449. The Morgan fingerprint density at radius 2 is 2.23 bits per heavy atom. The Kier molecular flexibility index (Phi) is 5.16. The van der Waals surface area contributed by atoms with Crippen LogP contribution in [0.4, 0.5) is 5.69 Å². The van der Waals surface area contributed by atoms with Gasteiger partial charge in [0.25, 0.3) is 0 Å². The average Bonchev–Trinajstić information content (AvgIpc) is 3.24. The summed E-state index contributed by atoms with van der Waals surface area (Å²) in [6, 6.07) is 8.49. The molecular formula is C20H27N3O2S. The first-order chi connectivity index (χ1) is 12.6. The highest BCUT2D eigenvalue weighted by Crippen LogP contribution is 2.37. The second-order valence-corrected chi connectivity index (χ2v) is 8.47. The number of thiazole rings is 1. The van der Waals surface area contributed by atoms with Crippen LogP contribution in [0.3, 0.4) is 0 Å². The Morgan fingerprint density at radius 3 is 2.96 bits per heavy atom. The van der Waals surface area contributed by atoms with E-state index in [-0.39, 0.29) is 5.60 Å². The highest BCUT2D eigenvalue weighted by Gasteiger charge is 2.42. The minimum atomic E-state index is 0.0467. The predicted octanol–water partition coefficient (Wildman–Crippen LogP) is 3.70. The maximum absolute atomic E-state index is 6.29. The fourth-order valence-electron chi connectivity index (χ4n) is 4.06. The van der Waals surface area contributed by atoms with Gasteiger partial charge >= 0.3 is 0 Å². The Hall–Kier alpha value is -1.63. The van der Waals surface area contributed by atoms with Crippen molar-refractivity contribution in [3.63, 3.8) is 0 Å². The smallest absolute Gasteiger partial charge is 0.120 e. The average molecular weight is 374 g/mol. The summed E-state index contributed by atoms with van der Waals surface area (Å²) in [6.07, 6.45) is 3.28. The van der Waals surface area contributed by atoms with Gasteiger partial charge in [0.2, 0.25) is 0 Å². The molecule has 2 aliphatic heterocycles. The van der Waals surface area contributed by atoms with E-state index in [9.17, 15) is 0 Å². The fraction of sp³-hybridized carbons (Fsp3) is 0.550. The number of benzene rings is 1. The third-order valence-corrected chi connectivity index (χ3v) is 6.29. The summed E-state index contributed by atoms with van der Waals surface area (Å²) in [5.74, 6) is 0.884. The van der Waals surface area contributed by atoms with Gasteiger partial charge in [0, 0.05) is 36.8 Å². The van der Waals surface area contributed by atoms with Crippen molar-refractivity contribution in [2.45, 2.75) is 44.4 Å². The number of anilines is 1. The maximum atomic E-state index is 6.29. The highest BCUT2D eigenvalue weighted by molar-refractivity contribution is 7.09. The van der Waals surface area contributed by atoms with Gasteiger partial charge in [-0.2, -0.15) is 0 Å². The van der Waals surface area contributed by atoms with Gasteiger partial charge in [-0.25, -0.2) is 4.98 Å². The molecule has 2 saturated heterocycles. The highest BCUT2D eigenvalue weighted by atomic mass is 32.1. The van der Waals surface area contributed by atoms with Gasteiger partial charge in [-0.3, -0.25) is 4.90 Å². The molecule has 0 saturated carbocycles. The van der Waals surface area contributed by atoms with Crippen LogP contribution in [0.2, 0.25) is 0 Å². The van der Waals surface area contributed by atoms with Crippen molar-refractivity contribution in [1.29, 1.82) is 0 Å². The van der Waals surface area contributed by atoms with E-state index in [1.54, 1.807) is 18.4 Å². The number of aryl methyl sites for hydroxylation is 1. The molecular weight excluding hydrogens is 346 g/mol. The zero-order valence-corrected chi connectivity index (χ0v) is 16.3. The van der Waals surface area contributed by atoms with Crippen molar-refractivity contribution in [2.24, 2.45) is 0 Å². The quantitative estimate of drug-likeness (QED) is 0.866. The lowest BCUT2D eigenvalue weighted by atomic mass is 9.87. The molecule has 6 heteroatoms. The van der Waals surface area contributed by atoms with E-state index in [0.717, 1.165) is 61.9 Å². The Labute approximate surface area is 159 Å². The minimum absolute atomic E-state index is 0.0467. The summed E-state index contributed by atoms with van der Waals surface area (Å²) >= 11 is 1.74. The summed E-state index contributed by atoms with van der Waals surface area (Å²) in [7, 11) is 1.70. The molecule has 0 aliphatic carbocycles. The molecule has 2 fully saturated rings. The summed E-state index contributed by atoms with van der Waals surface area (Å²) in [4.78, 5) is 7.10. The molecule has 140 valence electrons. The van der Waals surface area contributed by atoms with Crippen LogP contribution in [0.25, 0.3) is 0 Å². The van der Waals surface area contributed by atoms with Crippen LogP contribution in [0.5, 0.6) is 5.75 Å². The molecule has 0 bridgehead atoms. The molecule has 26 heavy (non-hydrogen) atoms. The normalized spacial score (nSPS) is 22.6. The number of nitrogens with one attached hydrogen (secondary N) is 1. The van der Waals surface area contributed by atoms with Crippen LogP contribution in [-0.4, -0.2) is 48.3 Å². The van der Waals surface area contributed by atoms with Crippen molar-refractivity contribution in [2.75, 3.05) is 32.1 Å². The molecule has 1 atom stereocenters. The third kappa shape index (κ3) is 4.03. The number of hydrogen-bond donors (Lipinski definition) is 1. The number of nitrogens with zero attached hydrogens (tertiary/aromatic N) is 2. The SMILES string of the molecule is COc1cccc(NC2COC3(CCN(Cc4csc(C)n4)CC3)C2)c1. The molecule has 1 unspecified atom stereocenters. The van der Waals surface area contributed by atoms with E-state index in [1.165, 1.54) is 5.69 Å². The second-order valence-electron chi connectivity index (χ2n) is 7.41. The Morgan fingerprint density at radius 1 is 1.38 bits per heavy atom. The molecule has 1 N–H and O–H groups in total. The van der Waals surface area contributed by atoms with Gasteiger partial charge in [-0.1, -0.05) is 6.07 Å². The van der Waals surface area contributed by atoms with E-state index in [1.807, 2.05) is 18.2 Å². The van der Waals surface area contributed by atoms with Crippen LogP contribution < -0.4 is 10.1 Å². The molecule has 1 spiro atoms. The molecule has 1 aromatic heterocycles. The van der Waals surface area contributed by atoms with Crippen molar-refractivity contribution in [3.05, 3.63) is 40.3 Å². The fourth-order valence-corrected chi connectivity index (χ4v) is 4.67. The lowest BCUT2D eigenvalue weighted by Crippen LogP contribution is -2.44. The summed E-state index contributed by atoms with van der Waals surface area (Å²) < 4.78 is 11.6. The summed E-state index contributed by atoms with van der Waals surface area (Å²) in [5, 5.41) is 6.95. The topological polar surface area (TPSA) is 46.6 Å². The first-order valence-electron chi connectivity index (χ1n) is 9.32. The van der Waals surface area contributed by atoms with Crippen LogP contribution in [0.15, 0.2) is 29.6 Å². The van der Waals surface area contributed by atoms with Gasteiger partial charge in [0.15, 0.2) is 0 Å². The van der Waals surface area contributed by atoms with Crippen LogP contribution >= 0.6 is 11.3 Å². The maximum Gasteiger partial charge on any atom is 0.120 e. The van der Waals surface area contributed by atoms with Crippen LogP contribution in [0, 0.1) is 6.92 Å². The molecule has 4 rings (SSSR count). The number of likely N-dealkylation sites (tertiary alicyclic amines) is 1. The van der Waals surface area contributed by atoms with Crippen molar-refractivity contribution >= 4 is 17.0 Å². The van der Waals surface area contributed by atoms with Crippen LogP contribution in [0.1, 0.15) is 30.0 Å². The van der Waals surface area contributed by atoms with E-state index < -0.39 is 0 Å². The van der Waals surface area contributed by atoms with E-state index in [0.29, 0.717) is 6.04 Å². The minimum Gasteiger partial charge on any atom is -0.497 e. The van der Waals surface area contributed by atoms with Crippen molar-refractivity contribution in [1.82, 2.24) is 9.88 Å². The van der Waals surface area contributed by atoms with E-state index in [2.05, 4.69) is 33.6 Å². The molecule has 0 amide bonds. The molecule has 3 heterocycles. The molecule has 2 aliphatic rings. The molecule has 0 radical (unpaired) electrons. The van der Waals surface area contributed by atoms with Gasteiger partial charge < -0.3 is 14.8 Å².